The van der Waals surface area contributed by atoms with Crippen LogP contribution < -0.4 is 0 Å². The van der Waals surface area contributed by atoms with E-state index in [2.05, 4.69) is 16.8 Å². The maximum Gasteiger partial charge on any atom is 0.276 e. The van der Waals surface area contributed by atoms with Crippen LogP contribution in [0.2, 0.25) is 0 Å². The minimum atomic E-state index is 0.0137. The summed E-state index contributed by atoms with van der Waals surface area (Å²) >= 11 is 0. The normalized spacial score (nSPS) is 26.5. The lowest BCUT2D eigenvalue weighted by atomic mass is 9.99. The van der Waals surface area contributed by atoms with Gasteiger partial charge < -0.3 is 14.1 Å². The predicted octanol–water partition coefficient (Wildman–Crippen LogP) is 1.42. The van der Waals surface area contributed by atoms with E-state index in [1.165, 1.54) is 6.39 Å². The van der Waals surface area contributed by atoms with Gasteiger partial charge in [-0.25, -0.2) is 4.98 Å². The molecule has 2 aliphatic rings. The molecule has 0 bridgehead atoms. The molecule has 2 saturated heterocycles. The van der Waals surface area contributed by atoms with Gasteiger partial charge in [-0.1, -0.05) is 20.3 Å². The summed E-state index contributed by atoms with van der Waals surface area (Å²) in [6, 6.07) is 0.440. The van der Waals surface area contributed by atoms with Crippen LogP contribution in [0, 0.1) is 5.92 Å². The zero-order chi connectivity index (χ0) is 15.5. The second-order valence-electron chi connectivity index (χ2n) is 6.07. The molecule has 1 aromatic heterocycles. The van der Waals surface area contributed by atoms with E-state index in [1.807, 2.05) is 11.8 Å². The highest BCUT2D eigenvalue weighted by Crippen LogP contribution is 2.27. The molecule has 0 N–H and O–H groups in total. The lowest BCUT2D eigenvalue weighted by Gasteiger charge is -2.34. The Morgan fingerprint density at radius 2 is 2.09 bits per heavy atom. The second kappa shape index (κ2) is 6.79. The summed E-state index contributed by atoms with van der Waals surface area (Å²) in [5, 5.41) is 0. The summed E-state index contributed by atoms with van der Waals surface area (Å²) < 4.78 is 10.8. The summed E-state index contributed by atoms with van der Waals surface area (Å²) in [5.74, 6) is 1.23. The minimum absolute atomic E-state index is 0.0137. The quantitative estimate of drug-likeness (QED) is 0.842. The van der Waals surface area contributed by atoms with Gasteiger partial charge in [0.25, 0.3) is 5.91 Å². The molecule has 2 fully saturated rings. The summed E-state index contributed by atoms with van der Waals surface area (Å²) in [6.45, 7) is 9.31. The van der Waals surface area contributed by atoms with Crippen molar-refractivity contribution in [3.05, 3.63) is 17.8 Å². The van der Waals surface area contributed by atoms with Gasteiger partial charge >= 0.3 is 0 Å². The fraction of sp³-hybridized carbons (Fsp3) is 0.750. The molecule has 2 aliphatic heterocycles. The number of amides is 1. The third-order valence-corrected chi connectivity index (χ3v) is 4.90. The van der Waals surface area contributed by atoms with Gasteiger partial charge in [0, 0.05) is 38.6 Å². The predicted molar refractivity (Wildman–Crippen MR) is 81.7 cm³/mol. The third-order valence-electron chi connectivity index (χ3n) is 4.90. The molecule has 0 spiro atoms. The van der Waals surface area contributed by atoms with Gasteiger partial charge in [0.2, 0.25) is 0 Å². The monoisotopic (exact) mass is 307 g/mol. The van der Waals surface area contributed by atoms with Crippen molar-refractivity contribution in [1.29, 1.82) is 0 Å². The number of aryl methyl sites for hydroxylation is 1. The standard InChI is InChI=1S/C16H25N3O3/c1-3-12-9-19(10-13(12)18-5-7-21-8-6-18)16(20)15-14(4-2)22-11-17-15/h11-13H,3-10H2,1-2H3/t12-,13+/m1/s1. The minimum Gasteiger partial charge on any atom is -0.448 e. The highest BCUT2D eigenvalue weighted by molar-refractivity contribution is 5.93. The van der Waals surface area contributed by atoms with Crippen molar-refractivity contribution in [2.45, 2.75) is 32.7 Å². The Morgan fingerprint density at radius 3 is 2.77 bits per heavy atom. The number of likely N-dealkylation sites (tertiary alicyclic amines) is 1. The first-order valence-corrected chi connectivity index (χ1v) is 8.28. The maximum atomic E-state index is 12.7. The van der Waals surface area contributed by atoms with Crippen LogP contribution in [0.1, 0.15) is 36.5 Å². The lowest BCUT2D eigenvalue weighted by Crippen LogP contribution is -2.47. The van der Waals surface area contributed by atoms with E-state index in [4.69, 9.17) is 9.15 Å². The molecule has 3 heterocycles. The van der Waals surface area contributed by atoms with Crippen molar-refractivity contribution in [1.82, 2.24) is 14.8 Å². The zero-order valence-corrected chi connectivity index (χ0v) is 13.5. The van der Waals surface area contributed by atoms with Crippen LogP contribution in [-0.4, -0.2) is 66.1 Å². The number of oxazole rings is 1. The van der Waals surface area contributed by atoms with Crippen LogP contribution in [0.3, 0.4) is 0 Å². The zero-order valence-electron chi connectivity index (χ0n) is 13.5. The number of nitrogens with zero attached hydrogens (tertiary/aromatic N) is 3. The van der Waals surface area contributed by atoms with Crippen molar-refractivity contribution < 1.29 is 13.9 Å². The van der Waals surface area contributed by atoms with Crippen LogP contribution in [0.15, 0.2) is 10.8 Å². The molecule has 0 saturated carbocycles. The smallest absolute Gasteiger partial charge is 0.276 e. The number of morpholine rings is 1. The van der Waals surface area contributed by atoms with Crippen molar-refractivity contribution in [2.75, 3.05) is 39.4 Å². The Hall–Kier alpha value is -1.40. The Bertz CT molecular complexity index is 510. The summed E-state index contributed by atoms with van der Waals surface area (Å²) in [6.07, 6.45) is 3.16. The topological polar surface area (TPSA) is 58.8 Å². The highest BCUT2D eigenvalue weighted by Gasteiger charge is 2.39. The molecule has 6 heteroatoms. The molecule has 1 amide bonds. The van der Waals surface area contributed by atoms with E-state index in [0.717, 1.165) is 45.8 Å². The first kappa shape index (κ1) is 15.5. The van der Waals surface area contributed by atoms with Gasteiger partial charge in [-0.15, -0.1) is 0 Å². The second-order valence-corrected chi connectivity index (χ2v) is 6.07. The molecule has 1 aromatic rings. The molecule has 2 atom stereocenters. The van der Waals surface area contributed by atoms with Crippen LogP contribution >= 0.6 is 0 Å². The molecule has 22 heavy (non-hydrogen) atoms. The van der Waals surface area contributed by atoms with Gasteiger partial charge in [-0.05, 0) is 5.92 Å². The summed E-state index contributed by atoms with van der Waals surface area (Å²) in [7, 11) is 0. The molecule has 0 radical (unpaired) electrons. The van der Waals surface area contributed by atoms with E-state index in [0.29, 0.717) is 29.8 Å². The van der Waals surface area contributed by atoms with Crippen LogP contribution in [-0.2, 0) is 11.2 Å². The number of carbonyl (C=O) groups is 1. The molecule has 122 valence electrons. The van der Waals surface area contributed by atoms with Gasteiger partial charge in [-0.2, -0.15) is 0 Å². The van der Waals surface area contributed by atoms with Crippen LogP contribution in [0.4, 0.5) is 0 Å². The van der Waals surface area contributed by atoms with Crippen molar-refractivity contribution in [3.63, 3.8) is 0 Å². The van der Waals surface area contributed by atoms with Crippen molar-refractivity contribution >= 4 is 5.91 Å². The van der Waals surface area contributed by atoms with E-state index in [9.17, 15) is 4.79 Å². The Balaban J connectivity index is 1.72. The molecular weight excluding hydrogens is 282 g/mol. The number of ether oxygens (including phenoxy) is 1. The van der Waals surface area contributed by atoms with Gasteiger partial charge in [0.1, 0.15) is 5.76 Å². The van der Waals surface area contributed by atoms with Crippen molar-refractivity contribution in [3.8, 4) is 0 Å². The number of hydrogen-bond donors (Lipinski definition) is 0. The van der Waals surface area contributed by atoms with E-state index < -0.39 is 0 Å². The highest BCUT2D eigenvalue weighted by atomic mass is 16.5. The van der Waals surface area contributed by atoms with Crippen LogP contribution in [0.5, 0.6) is 0 Å². The Morgan fingerprint density at radius 1 is 1.32 bits per heavy atom. The SMILES string of the molecule is CCc1ocnc1C(=O)N1C[C@@H](CC)[C@@H](N2CCOCC2)C1. The van der Waals surface area contributed by atoms with Crippen LogP contribution in [0.25, 0.3) is 0 Å². The largest absolute Gasteiger partial charge is 0.448 e. The Labute approximate surface area is 131 Å². The molecule has 3 rings (SSSR count). The fourth-order valence-corrected chi connectivity index (χ4v) is 3.59. The van der Waals surface area contributed by atoms with Gasteiger partial charge in [0.05, 0.1) is 13.2 Å². The number of hydrogen-bond acceptors (Lipinski definition) is 5. The molecule has 6 nitrogen and oxygen atoms in total. The number of aromatic nitrogens is 1. The first-order chi connectivity index (χ1) is 10.7. The van der Waals surface area contributed by atoms with Gasteiger partial charge in [0.15, 0.2) is 12.1 Å². The van der Waals surface area contributed by atoms with Crippen molar-refractivity contribution in [2.24, 2.45) is 5.92 Å². The van der Waals surface area contributed by atoms with E-state index in [1.54, 1.807) is 0 Å². The molecule has 0 unspecified atom stereocenters. The molecule has 0 aromatic carbocycles. The third kappa shape index (κ3) is 2.90. The number of carbonyl (C=O) groups excluding carboxylic acids is 1. The number of rotatable bonds is 4. The van der Waals surface area contributed by atoms with E-state index in [-0.39, 0.29) is 5.91 Å². The summed E-state index contributed by atoms with van der Waals surface area (Å²) in [4.78, 5) is 21.3. The fourth-order valence-electron chi connectivity index (χ4n) is 3.59. The molecular formula is C16H25N3O3. The lowest BCUT2D eigenvalue weighted by molar-refractivity contribution is 0.0102. The molecule has 0 aliphatic carbocycles. The van der Waals surface area contributed by atoms with Gasteiger partial charge in [-0.3, -0.25) is 9.69 Å². The maximum absolute atomic E-state index is 12.7. The Kier molecular flexibility index (Phi) is 4.78. The first-order valence-electron chi connectivity index (χ1n) is 8.28. The van der Waals surface area contributed by atoms with E-state index >= 15 is 0 Å². The average molecular weight is 307 g/mol. The average Bonchev–Trinajstić information content (AvgIpc) is 3.21. The summed E-state index contributed by atoms with van der Waals surface area (Å²) in [5.41, 5.74) is 0.486.